The Balaban J connectivity index is 3.22. The number of carbonyl (C=O) groups excluding carboxylic acids is 1. The van der Waals surface area contributed by atoms with Crippen LogP contribution in [0.3, 0.4) is 0 Å². The van der Waals surface area contributed by atoms with Gasteiger partial charge >= 0.3 is 5.97 Å². The summed E-state index contributed by atoms with van der Waals surface area (Å²) in [6.07, 6.45) is 1.89. The van der Waals surface area contributed by atoms with Crippen molar-refractivity contribution in [2.75, 3.05) is 0 Å². The highest BCUT2D eigenvalue weighted by molar-refractivity contribution is 5.92. The average molecular weight is 166 g/mol. The molecule has 3 heteroatoms. The van der Waals surface area contributed by atoms with Crippen molar-refractivity contribution in [2.24, 2.45) is 7.05 Å². The number of carbonyl (C=O) groups is 1. The number of hydrogen-bond acceptors (Lipinski definition) is 2. The van der Waals surface area contributed by atoms with Crippen molar-refractivity contribution in [1.29, 1.82) is 0 Å². The van der Waals surface area contributed by atoms with Crippen LogP contribution in [0.5, 0.6) is 0 Å². The Morgan fingerprint density at radius 1 is 1.58 bits per heavy atom. The average Bonchev–Trinajstić information content (AvgIpc) is 2.26. The lowest BCUT2D eigenvalue weighted by molar-refractivity contribution is 0.0652. The molecule has 0 aliphatic carbocycles. The fourth-order valence-electron chi connectivity index (χ4n) is 1.29. The number of esters is 1. The van der Waals surface area contributed by atoms with E-state index in [9.17, 15) is 4.79 Å². The van der Waals surface area contributed by atoms with Gasteiger partial charge in [0.25, 0.3) is 0 Å². The largest absolute Gasteiger partial charge is 0.458 e. The van der Waals surface area contributed by atoms with Gasteiger partial charge in [0.1, 0.15) is 7.11 Å². The molecule has 0 aliphatic heterocycles. The number of aromatic nitrogens is 1. The highest BCUT2D eigenvalue weighted by Crippen LogP contribution is 2.15. The molecular formula is C9H12NO2. The van der Waals surface area contributed by atoms with Gasteiger partial charge in [-0.2, -0.15) is 0 Å². The van der Waals surface area contributed by atoms with E-state index in [-0.39, 0.29) is 5.97 Å². The minimum Gasteiger partial charge on any atom is -0.458 e. The first-order valence-corrected chi connectivity index (χ1v) is 3.66. The van der Waals surface area contributed by atoms with Crippen LogP contribution in [0, 0.1) is 21.0 Å². The van der Waals surface area contributed by atoms with Gasteiger partial charge in [-0.3, -0.25) is 0 Å². The van der Waals surface area contributed by atoms with Gasteiger partial charge in [-0.05, 0) is 19.4 Å². The minimum atomic E-state index is -0.370. The normalized spacial score (nSPS) is 10.0. The second-order valence-corrected chi connectivity index (χ2v) is 2.82. The third kappa shape index (κ3) is 1.22. The van der Waals surface area contributed by atoms with Gasteiger partial charge < -0.3 is 9.30 Å². The van der Waals surface area contributed by atoms with Gasteiger partial charge in [-0.15, -0.1) is 0 Å². The van der Waals surface area contributed by atoms with Crippen molar-refractivity contribution in [3.05, 3.63) is 30.1 Å². The van der Waals surface area contributed by atoms with Crippen LogP contribution in [0.4, 0.5) is 0 Å². The molecule has 0 aliphatic rings. The fraction of sp³-hybridized carbons (Fsp3) is 0.333. The van der Waals surface area contributed by atoms with E-state index in [0.717, 1.165) is 11.3 Å². The summed E-state index contributed by atoms with van der Waals surface area (Å²) in [5, 5.41) is 0. The molecular weight excluding hydrogens is 154 g/mol. The first-order valence-electron chi connectivity index (χ1n) is 3.66. The molecule has 1 radical (unpaired) electrons. The lowest BCUT2D eigenvalue weighted by Gasteiger charge is -1.99. The maximum atomic E-state index is 11.2. The number of nitrogens with zero attached hydrogens (tertiary/aromatic N) is 1. The van der Waals surface area contributed by atoms with Crippen LogP contribution in [0.15, 0.2) is 6.20 Å². The van der Waals surface area contributed by atoms with E-state index >= 15 is 0 Å². The summed E-state index contributed by atoms with van der Waals surface area (Å²) in [5.74, 6) is -0.370. The molecule has 0 spiro atoms. The zero-order chi connectivity index (χ0) is 9.30. The van der Waals surface area contributed by atoms with Gasteiger partial charge in [0.05, 0.1) is 5.56 Å². The Morgan fingerprint density at radius 2 is 2.17 bits per heavy atom. The van der Waals surface area contributed by atoms with Crippen LogP contribution in [0.2, 0.25) is 0 Å². The molecule has 0 saturated carbocycles. The lowest BCUT2D eigenvalue weighted by Crippen LogP contribution is -2.03. The van der Waals surface area contributed by atoms with E-state index in [1.165, 1.54) is 0 Å². The van der Waals surface area contributed by atoms with Gasteiger partial charge in [-0.1, -0.05) is 0 Å². The van der Waals surface area contributed by atoms with Crippen LogP contribution >= 0.6 is 0 Å². The highest BCUT2D eigenvalue weighted by atomic mass is 16.5. The summed E-state index contributed by atoms with van der Waals surface area (Å²) >= 11 is 0. The molecule has 0 atom stereocenters. The summed E-state index contributed by atoms with van der Waals surface area (Å²) in [6.45, 7) is 3.75. The summed E-state index contributed by atoms with van der Waals surface area (Å²) in [5.41, 5.74) is 2.44. The Kier molecular flexibility index (Phi) is 2.22. The van der Waals surface area contributed by atoms with Gasteiger partial charge in [-0.25, -0.2) is 4.79 Å². The van der Waals surface area contributed by atoms with Crippen LogP contribution in [-0.2, 0) is 11.8 Å². The third-order valence-electron chi connectivity index (χ3n) is 2.01. The molecule has 0 N–H and O–H groups in total. The summed E-state index contributed by atoms with van der Waals surface area (Å²) in [6, 6.07) is 0. The molecule has 0 aromatic carbocycles. The fourth-order valence-corrected chi connectivity index (χ4v) is 1.29. The molecule has 3 nitrogen and oxygen atoms in total. The maximum absolute atomic E-state index is 11.2. The van der Waals surface area contributed by atoms with Crippen molar-refractivity contribution in [1.82, 2.24) is 4.57 Å². The summed E-state index contributed by atoms with van der Waals surface area (Å²) in [7, 11) is 4.99. The second kappa shape index (κ2) is 3.01. The first-order chi connectivity index (χ1) is 5.57. The first kappa shape index (κ1) is 8.84. The van der Waals surface area contributed by atoms with Crippen molar-refractivity contribution in [2.45, 2.75) is 13.8 Å². The molecule has 1 heterocycles. The molecule has 1 rings (SSSR count). The quantitative estimate of drug-likeness (QED) is 0.593. The Hall–Kier alpha value is -1.25. The van der Waals surface area contributed by atoms with Gasteiger partial charge in [0.2, 0.25) is 0 Å². The Morgan fingerprint density at radius 3 is 2.50 bits per heavy atom. The van der Waals surface area contributed by atoms with E-state index in [4.69, 9.17) is 0 Å². The maximum Gasteiger partial charge on any atom is 0.340 e. The highest BCUT2D eigenvalue weighted by Gasteiger charge is 2.15. The predicted octanol–water partition coefficient (Wildman–Crippen LogP) is 1.59. The standard InChI is InChI=1S/C9H12NO2/c1-6-5-10(3)7(2)8(6)9(11)12-4/h5H,4H2,1-3H3. The van der Waals surface area contributed by atoms with Crippen molar-refractivity contribution >= 4 is 5.97 Å². The molecule has 1 aromatic rings. The zero-order valence-electron chi connectivity index (χ0n) is 7.55. The monoisotopic (exact) mass is 166 g/mol. The molecule has 0 unspecified atom stereocenters. The van der Waals surface area contributed by atoms with E-state index in [0.29, 0.717) is 5.56 Å². The molecule has 0 bridgehead atoms. The van der Waals surface area contributed by atoms with Crippen LogP contribution in [0.25, 0.3) is 0 Å². The Bertz CT molecular complexity index is 313. The smallest absolute Gasteiger partial charge is 0.340 e. The number of rotatable bonds is 1. The van der Waals surface area contributed by atoms with E-state index in [1.54, 1.807) is 0 Å². The van der Waals surface area contributed by atoms with E-state index < -0.39 is 0 Å². The van der Waals surface area contributed by atoms with Crippen molar-refractivity contribution in [3.63, 3.8) is 0 Å². The number of hydrogen-bond donors (Lipinski definition) is 0. The van der Waals surface area contributed by atoms with Crippen LogP contribution in [-0.4, -0.2) is 10.5 Å². The summed E-state index contributed by atoms with van der Waals surface area (Å²) < 4.78 is 6.30. The van der Waals surface area contributed by atoms with Crippen molar-refractivity contribution < 1.29 is 9.53 Å². The number of ether oxygens (including phenoxy) is 1. The summed E-state index contributed by atoms with van der Waals surface area (Å²) in [4.78, 5) is 11.2. The van der Waals surface area contributed by atoms with Crippen molar-refractivity contribution in [3.8, 4) is 0 Å². The zero-order valence-corrected chi connectivity index (χ0v) is 7.55. The molecule has 12 heavy (non-hydrogen) atoms. The van der Waals surface area contributed by atoms with Gasteiger partial charge in [0, 0.05) is 18.9 Å². The lowest BCUT2D eigenvalue weighted by atomic mass is 10.2. The van der Waals surface area contributed by atoms with Gasteiger partial charge in [0.15, 0.2) is 0 Å². The topological polar surface area (TPSA) is 31.2 Å². The number of aryl methyl sites for hydroxylation is 2. The van der Waals surface area contributed by atoms with E-state index in [2.05, 4.69) is 11.8 Å². The van der Waals surface area contributed by atoms with Crippen LogP contribution in [0.1, 0.15) is 21.6 Å². The Labute approximate surface area is 72.0 Å². The third-order valence-corrected chi connectivity index (χ3v) is 2.01. The van der Waals surface area contributed by atoms with E-state index in [1.807, 2.05) is 31.7 Å². The van der Waals surface area contributed by atoms with Crippen LogP contribution < -0.4 is 0 Å². The SMILES string of the molecule is [CH2]OC(=O)c1c(C)cn(C)c1C. The molecule has 0 fully saturated rings. The minimum absolute atomic E-state index is 0.370. The molecule has 0 amide bonds. The molecule has 1 aromatic heterocycles. The second-order valence-electron chi connectivity index (χ2n) is 2.82. The predicted molar refractivity (Wildman–Crippen MR) is 45.7 cm³/mol. The molecule has 65 valence electrons. The molecule has 0 saturated heterocycles.